The lowest BCUT2D eigenvalue weighted by Gasteiger charge is -2.25. The molecular weight excluding hydrogens is 244 g/mol. The van der Waals surface area contributed by atoms with E-state index in [0.29, 0.717) is 5.56 Å². The second-order valence-electron chi connectivity index (χ2n) is 3.90. The number of aliphatic carboxylic acids is 1. The van der Waals surface area contributed by atoms with E-state index in [1.807, 2.05) is 0 Å². The van der Waals surface area contributed by atoms with Gasteiger partial charge < -0.3 is 9.84 Å². The van der Waals surface area contributed by atoms with Crippen LogP contribution in [-0.2, 0) is 4.79 Å². The molecule has 0 amide bonds. The Bertz CT molecular complexity index is 412. The van der Waals surface area contributed by atoms with Crippen LogP contribution in [0.25, 0.3) is 0 Å². The van der Waals surface area contributed by atoms with E-state index in [1.165, 1.54) is 11.0 Å². The largest absolute Gasteiger partial charge is 0.480 e. The van der Waals surface area contributed by atoms with Crippen LogP contribution in [0.5, 0.6) is 5.75 Å². The van der Waals surface area contributed by atoms with E-state index in [0.717, 1.165) is 0 Å². The molecule has 1 aromatic rings. The monoisotopic (exact) mass is 259 g/mol. The lowest BCUT2D eigenvalue weighted by atomic mass is 10.1. The normalized spacial score (nSPS) is 12.8. The van der Waals surface area contributed by atoms with E-state index < -0.39 is 12.6 Å². The van der Waals surface area contributed by atoms with Crippen LogP contribution >= 0.6 is 0 Å². The molecule has 0 bridgehead atoms. The molecule has 18 heavy (non-hydrogen) atoms. The zero-order valence-corrected chi connectivity index (χ0v) is 10.1. The zero-order valence-electron chi connectivity index (χ0n) is 10.1. The summed E-state index contributed by atoms with van der Waals surface area (Å²) in [5.74, 6) is -0.908. The molecule has 0 radical (unpaired) electrons. The number of para-hydroxylation sites is 1. The van der Waals surface area contributed by atoms with E-state index in [-0.39, 0.29) is 18.3 Å². The number of ether oxygens (including phenoxy) is 1. The number of halogens is 2. The summed E-state index contributed by atoms with van der Waals surface area (Å²) in [6.07, 6.45) is 0. The smallest absolute Gasteiger partial charge is 0.387 e. The van der Waals surface area contributed by atoms with Gasteiger partial charge in [0.2, 0.25) is 0 Å². The van der Waals surface area contributed by atoms with E-state index in [9.17, 15) is 13.6 Å². The van der Waals surface area contributed by atoms with Gasteiger partial charge in [0, 0.05) is 11.6 Å². The zero-order chi connectivity index (χ0) is 13.7. The van der Waals surface area contributed by atoms with Crippen molar-refractivity contribution in [2.75, 3.05) is 13.6 Å². The first-order valence-electron chi connectivity index (χ1n) is 5.37. The Balaban J connectivity index is 2.90. The number of likely N-dealkylation sites (N-methyl/N-ethyl adjacent to an activating group) is 1. The molecule has 6 heteroatoms. The van der Waals surface area contributed by atoms with Crippen molar-refractivity contribution in [3.05, 3.63) is 29.8 Å². The summed E-state index contributed by atoms with van der Waals surface area (Å²) in [6, 6.07) is 6.02. The van der Waals surface area contributed by atoms with Crippen LogP contribution in [0.3, 0.4) is 0 Å². The van der Waals surface area contributed by atoms with Crippen molar-refractivity contribution in [3.8, 4) is 5.75 Å². The van der Waals surface area contributed by atoms with Crippen LogP contribution in [0.2, 0.25) is 0 Å². The second kappa shape index (κ2) is 6.30. The molecule has 1 aromatic carbocycles. The van der Waals surface area contributed by atoms with Gasteiger partial charge in [0.15, 0.2) is 0 Å². The SMILES string of the molecule is CC(c1ccccc1OC(F)F)N(C)CC(=O)O. The molecule has 0 heterocycles. The molecule has 0 saturated carbocycles. The highest BCUT2D eigenvalue weighted by Crippen LogP contribution is 2.29. The van der Waals surface area contributed by atoms with Gasteiger partial charge in [-0.15, -0.1) is 0 Å². The maximum Gasteiger partial charge on any atom is 0.387 e. The fourth-order valence-corrected chi connectivity index (χ4v) is 1.62. The van der Waals surface area contributed by atoms with Crippen LogP contribution in [0, 0.1) is 0 Å². The Labute approximate surface area is 104 Å². The Morgan fingerprint density at radius 1 is 1.44 bits per heavy atom. The van der Waals surface area contributed by atoms with Gasteiger partial charge in [-0.2, -0.15) is 8.78 Å². The first-order chi connectivity index (χ1) is 8.41. The van der Waals surface area contributed by atoms with E-state index in [2.05, 4.69) is 4.74 Å². The van der Waals surface area contributed by atoms with Gasteiger partial charge in [-0.25, -0.2) is 0 Å². The molecule has 4 nitrogen and oxygen atoms in total. The Morgan fingerprint density at radius 3 is 2.61 bits per heavy atom. The molecule has 1 unspecified atom stereocenters. The van der Waals surface area contributed by atoms with Crippen molar-refractivity contribution in [3.63, 3.8) is 0 Å². The minimum Gasteiger partial charge on any atom is -0.480 e. The topological polar surface area (TPSA) is 49.8 Å². The maximum absolute atomic E-state index is 12.2. The third kappa shape index (κ3) is 3.96. The summed E-state index contributed by atoms with van der Waals surface area (Å²) in [7, 11) is 1.61. The molecule has 1 atom stereocenters. The highest BCUT2D eigenvalue weighted by Gasteiger charge is 2.19. The lowest BCUT2D eigenvalue weighted by Crippen LogP contribution is -2.28. The van der Waals surface area contributed by atoms with E-state index in [4.69, 9.17) is 5.11 Å². The van der Waals surface area contributed by atoms with Crippen LogP contribution in [0.15, 0.2) is 24.3 Å². The van der Waals surface area contributed by atoms with Gasteiger partial charge in [-0.1, -0.05) is 18.2 Å². The molecule has 1 rings (SSSR count). The highest BCUT2D eigenvalue weighted by atomic mass is 19.3. The molecule has 0 spiro atoms. The fraction of sp³-hybridized carbons (Fsp3) is 0.417. The number of carbonyl (C=O) groups is 1. The summed E-state index contributed by atoms with van der Waals surface area (Å²) in [6.45, 7) is -1.34. The molecule has 0 saturated heterocycles. The van der Waals surface area contributed by atoms with Gasteiger partial charge in [0.1, 0.15) is 5.75 Å². The first kappa shape index (κ1) is 14.4. The molecule has 1 N–H and O–H groups in total. The van der Waals surface area contributed by atoms with Crippen molar-refractivity contribution < 1.29 is 23.4 Å². The molecule has 0 aromatic heterocycles. The summed E-state index contributed by atoms with van der Waals surface area (Å²) in [4.78, 5) is 12.2. The predicted octanol–water partition coefficient (Wildman–Crippen LogP) is 2.37. The lowest BCUT2D eigenvalue weighted by molar-refractivity contribution is -0.138. The van der Waals surface area contributed by atoms with Crippen molar-refractivity contribution in [2.24, 2.45) is 0 Å². The number of nitrogens with zero attached hydrogens (tertiary/aromatic N) is 1. The number of carboxylic acids is 1. The number of hydrogen-bond donors (Lipinski definition) is 1. The van der Waals surface area contributed by atoms with Gasteiger partial charge >= 0.3 is 12.6 Å². The summed E-state index contributed by atoms with van der Waals surface area (Å²) in [5.41, 5.74) is 0.529. The van der Waals surface area contributed by atoms with Gasteiger partial charge in [-0.3, -0.25) is 9.69 Å². The van der Waals surface area contributed by atoms with E-state index >= 15 is 0 Å². The molecule has 0 fully saturated rings. The minimum atomic E-state index is -2.90. The fourth-order valence-electron chi connectivity index (χ4n) is 1.62. The number of benzene rings is 1. The second-order valence-corrected chi connectivity index (χ2v) is 3.90. The van der Waals surface area contributed by atoms with Crippen molar-refractivity contribution >= 4 is 5.97 Å². The van der Waals surface area contributed by atoms with Crippen LogP contribution in [0.1, 0.15) is 18.5 Å². The van der Waals surface area contributed by atoms with Gasteiger partial charge in [0.25, 0.3) is 0 Å². The van der Waals surface area contributed by atoms with E-state index in [1.54, 1.807) is 32.2 Å². The maximum atomic E-state index is 12.2. The summed E-state index contributed by atoms with van der Waals surface area (Å²) in [5, 5.41) is 8.70. The van der Waals surface area contributed by atoms with Crippen LogP contribution in [-0.4, -0.2) is 36.2 Å². The average Bonchev–Trinajstić information content (AvgIpc) is 2.27. The molecular formula is C12H15F2NO3. The third-order valence-electron chi connectivity index (χ3n) is 2.63. The first-order valence-corrected chi connectivity index (χ1v) is 5.37. The summed E-state index contributed by atoms with van der Waals surface area (Å²) >= 11 is 0. The van der Waals surface area contributed by atoms with Crippen LogP contribution in [0.4, 0.5) is 8.78 Å². The quantitative estimate of drug-likeness (QED) is 0.852. The number of rotatable bonds is 6. The molecule has 0 aliphatic carbocycles. The average molecular weight is 259 g/mol. The third-order valence-corrected chi connectivity index (χ3v) is 2.63. The molecule has 100 valence electrons. The number of carboxylic acid groups (broad SMARTS) is 1. The van der Waals surface area contributed by atoms with Crippen molar-refractivity contribution in [1.82, 2.24) is 4.90 Å². The minimum absolute atomic E-state index is 0.0669. The molecule has 0 aliphatic heterocycles. The number of hydrogen-bond acceptors (Lipinski definition) is 3. The standard InChI is InChI=1S/C12H15F2NO3/c1-8(15(2)7-11(16)17)9-5-3-4-6-10(9)18-12(13)14/h3-6,8,12H,7H2,1-2H3,(H,16,17). The van der Waals surface area contributed by atoms with Crippen molar-refractivity contribution in [2.45, 2.75) is 19.6 Å². The van der Waals surface area contributed by atoms with Gasteiger partial charge in [0.05, 0.1) is 6.54 Å². The Hall–Kier alpha value is -1.69. The molecule has 0 aliphatic rings. The highest BCUT2D eigenvalue weighted by molar-refractivity contribution is 5.69. The van der Waals surface area contributed by atoms with Gasteiger partial charge in [-0.05, 0) is 20.0 Å². The Morgan fingerprint density at radius 2 is 2.06 bits per heavy atom. The predicted molar refractivity (Wildman–Crippen MR) is 61.8 cm³/mol. The van der Waals surface area contributed by atoms with Crippen molar-refractivity contribution in [1.29, 1.82) is 0 Å². The number of alkyl halides is 2. The van der Waals surface area contributed by atoms with Crippen LogP contribution < -0.4 is 4.74 Å². The summed E-state index contributed by atoms with van der Waals surface area (Å²) < 4.78 is 28.9. The Kier molecular flexibility index (Phi) is 5.03.